The average molecular weight is 366 g/mol. The number of hydrogen-bond donors (Lipinski definition) is 1. The lowest BCUT2D eigenvalue weighted by molar-refractivity contribution is 0.0952. The number of nitrogens with zero attached hydrogens (tertiary/aromatic N) is 2. The van der Waals surface area contributed by atoms with E-state index in [-0.39, 0.29) is 5.91 Å². The molecule has 1 aromatic carbocycles. The van der Waals surface area contributed by atoms with Crippen LogP contribution in [0.3, 0.4) is 0 Å². The van der Waals surface area contributed by atoms with Crippen molar-refractivity contribution in [2.75, 3.05) is 26.1 Å². The number of benzene rings is 1. The number of ether oxygens (including phenoxy) is 1. The Morgan fingerprint density at radius 3 is 2.77 bits per heavy atom. The van der Waals surface area contributed by atoms with Gasteiger partial charge in [-0.3, -0.25) is 4.79 Å². The summed E-state index contributed by atoms with van der Waals surface area (Å²) in [5.41, 5.74) is 2.86. The van der Waals surface area contributed by atoms with E-state index in [1.807, 2.05) is 19.0 Å². The van der Waals surface area contributed by atoms with Crippen LogP contribution in [0.25, 0.3) is 0 Å². The van der Waals surface area contributed by atoms with Gasteiger partial charge in [-0.05, 0) is 28.1 Å². The number of hydrazone groups is 1. The van der Waals surface area contributed by atoms with Gasteiger partial charge in [0.15, 0.2) is 5.76 Å². The molecule has 0 saturated heterocycles. The van der Waals surface area contributed by atoms with Crippen LogP contribution >= 0.6 is 15.9 Å². The molecule has 116 valence electrons. The molecule has 22 heavy (non-hydrogen) atoms. The molecule has 1 aromatic heterocycles. The van der Waals surface area contributed by atoms with E-state index in [1.165, 1.54) is 13.3 Å². The summed E-state index contributed by atoms with van der Waals surface area (Å²) in [5, 5.41) is 3.89. The van der Waals surface area contributed by atoms with Crippen LogP contribution in [0.15, 0.2) is 44.3 Å². The molecule has 0 aliphatic carbocycles. The number of halogens is 1. The highest BCUT2D eigenvalue weighted by atomic mass is 79.9. The number of carbonyl (C=O) groups excluding carboxylic acids is 1. The quantitative estimate of drug-likeness (QED) is 0.653. The fourth-order valence-electron chi connectivity index (χ4n) is 1.79. The summed E-state index contributed by atoms with van der Waals surface area (Å²) in [6.45, 7) is 0. The molecule has 7 heteroatoms. The van der Waals surface area contributed by atoms with E-state index in [1.54, 1.807) is 30.3 Å². The molecule has 0 aliphatic heterocycles. The number of rotatable bonds is 5. The number of carbonyl (C=O) groups is 1. The molecule has 0 fully saturated rings. The third kappa shape index (κ3) is 3.67. The van der Waals surface area contributed by atoms with E-state index in [9.17, 15) is 4.79 Å². The van der Waals surface area contributed by atoms with Gasteiger partial charge in [-0.25, -0.2) is 5.43 Å². The Morgan fingerprint density at radius 2 is 2.14 bits per heavy atom. The van der Waals surface area contributed by atoms with Gasteiger partial charge in [0.25, 0.3) is 5.91 Å². The van der Waals surface area contributed by atoms with Gasteiger partial charge in [0.1, 0.15) is 5.75 Å². The zero-order valence-electron chi connectivity index (χ0n) is 12.5. The summed E-state index contributed by atoms with van der Waals surface area (Å²) < 4.78 is 11.5. The van der Waals surface area contributed by atoms with Gasteiger partial charge in [-0.1, -0.05) is 12.1 Å². The lowest BCUT2D eigenvalue weighted by Gasteiger charge is -2.07. The standard InChI is InChI=1S/C15H16BrN3O3/c1-19(2)15-12(16)8-10(22-15)9-17-18-14(20)11-6-4-5-7-13(11)21-3/h4-9H,1-3H3,(H,18,20)/b17-9-. The second-order valence-electron chi connectivity index (χ2n) is 4.60. The Labute approximate surface area is 136 Å². The molecule has 0 unspecified atom stereocenters. The first kappa shape index (κ1) is 16.1. The van der Waals surface area contributed by atoms with Crippen LogP contribution in [-0.2, 0) is 0 Å². The third-order valence-electron chi connectivity index (χ3n) is 2.80. The minimum Gasteiger partial charge on any atom is -0.496 e. The Balaban J connectivity index is 2.06. The lowest BCUT2D eigenvalue weighted by Crippen LogP contribution is -2.18. The zero-order valence-corrected chi connectivity index (χ0v) is 14.0. The first-order valence-electron chi connectivity index (χ1n) is 6.46. The number of anilines is 1. The number of nitrogens with one attached hydrogen (secondary N) is 1. The van der Waals surface area contributed by atoms with Crippen LogP contribution in [-0.4, -0.2) is 33.3 Å². The molecule has 1 N–H and O–H groups in total. The molecular weight excluding hydrogens is 350 g/mol. The zero-order chi connectivity index (χ0) is 16.1. The van der Waals surface area contributed by atoms with Crippen molar-refractivity contribution in [3.8, 4) is 5.75 Å². The fraction of sp³-hybridized carbons (Fsp3) is 0.200. The van der Waals surface area contributed by atoms with Crippen LogP contribution in [0.4, 0.5) is 5.88 Å². The SMILES string of the molecule is COc1ccccc1C(=O)N/N=C\c1cc(Br)c(N(C)C)o1. The second-order valence-corrected chi connectivity index (χ2v) is 5.45. The van der Waals surface area contributed by atoms with E-state index < -0.39 is 0 Å². The highest BCUT2D eigenvalue weighted by molar-refractivity contribution is 9.10. The van der Waals surface area contributed by atoms with Crippen LogP contribution in [0.1, 0.15) is 16.1 Å². The molecule has 0 radical (unpaired) electrons. The normalized spacial score (nSPS) is 10.7. The fourth-order valence-corrected chi connectivity index (χ4v) is 2.45. The second kappa shape index (κ2) is 7.13. The van der Waals surface area contributed by atoms with Crippen molar-refractivity contribution in [2.45, 2.75) is 0 Å². The molecule has 0 aliphatic rings. The molecule has 2 rings (SSSR count). The van der Waals surface area contributed by atoms with E-state index in [4.69, 9.17) is 9.15 Å². The molecular formula is C15H16BrN3O3. The number of hydrogen-bond acceptors (Lipinski definition) is 5. The van der Waals surface area contributed by atoms with Crippen molar-refractivity contribution in [1.29, 1.82) is 0 Å². The number of para-hydroxylation sites is 1. The number of furan rings is 1. The van der Waals surface area contributed by atoms with Gasteiger partial charge >= 0.3 is 0 Å². The highest BCUT2D eigenvalue weighted by Gasteiger charge is 2.11. The Kier molecular flexibility index (Phi) is 5.21. The topological polar surface area (TPSA) is 67.1 Å². The molecule has 0 bridgehead atoms. The third-order valence-corrected chi connectivity index (χ3v) is 3.37. The van der Waals surface area contributed by atoms with Gasteiger partial charge in [0.2, 0.25) is 5.88 Å². The molecule has 0 spiro atoms. The summed E-state index contributed by atoms with van der Waals surface area (Å²) in [5.74, 6) is 1.34. The lowest BCUT2D eigenvalue weighted by atomic mass is 10.2. The molecule has 6 nitrogen and oxygen atoms in total. The summed E-state index contributed by atoms with van der Waals surface area (Å²) in [7, 11) is 5.25. The van der Waals surface area contributed by atoms with Gasteiger partial charge in [-0.2, -0.15) is 5.10 Å². The highest BCUT2D eigenvalue weighted by Crippen LogP contribution is 2.27. The summed E-state index contributed by atoms with van der Waals surface area (Å²) in [4.78, 5) is 13.9. The Morgan fingerprint density at radius 1 is 1.41 bits per heavy atom. The minimum atomic E-state index is -0.354. The van der Waals surface area contributed by atoms with Crippen LogP contribution in [0.5, 0.6) is 5.75 Å². The van der Waals surface area contributed by atoms with Gasteiger partial charge < -0.3 is 14.1 Å². The summed E-state index contributed by atoms with van der Waals surface area (Å²) >= 11 is 3.39. The average Bonchev–Trinajstić information content (AvgIpc) is 2.88. The molecule has 1 heterocycles. The van der Waals surface area contributed by atoms with Crippen LogP contribution in [0.2, 0.25) is 0 Å². The molecule has 1 amide bonds. The first-order valence-corrected chi connectivity index (χ1v) is 7.25. The van der Waals surface area contributed by atoms with Crippen molar-refractivity contribution >= 4 is 33.9 Å². The van der Waals surface area contributed by atoms with Gasteiger partial charge in [0.05, 0.1) is 23.4 Å². The van der Waals surface area contributed by atoms with Crippen molar-refractivity contribution in [3.63, 3.8) is 0 Å². The van der Waals surface area contributed by atoms with Crippen molar-refractivity contribution in [2.24, 2.45) is 5.10 Å². The molecule has 0 atom stereocenters. The molecule has 2 aromatic rings. The number of amides is 1. The van der Waals surface area contributed by atoms with Crippen molar-refractivity contribution < 1.29 is 13.9 Å². The van der Waals surface area contributed by atoms with Gasteiger partial charge in [0, 0.05) is 20.2 Å². The maximum Gasteiger partial charge on any atom is 0.275 e. The number of methoxy groups -OCH3 is 1. The minimum absolute atomic E-state index is 0.354. The maximum atomic E-state index is 12.0. The van der Waals surface area contributed by atoms with Crippen molar-refractivity contribution in [1.82, 2.24) is 5.43 Å². The largest absolute Gasteiger partial charge is 0.496 e. The van der Waals surface area contributed by atoms with E-state index in [0.717, 1.165) is 4.47 Å². The van der Waals surface area contributed by atoms with E-state index >= 15 is 0 Å². The summed E-state index contributed by atoms with van der Waals surface area (Å²) in [6, 6.07) is 8.70. The van der Waals surface area contributed by atoms with Gasteiger partial charge in [-0.15, -0.1) is 0 Å². The maximum absolute atomic E-state index is 12.0. The Hall–Kier alpha value is -2.28. The predicted molar refractivity (Wildman–Crippen MR) is 88.8 cm³/mol. The van der Waals surface area contributed by atoms with Crippen LogP contribution < -0.4 is 15.1 Å². The van der Waals surface area contributed by atoms with Crippen molar-refractivity contribution in [3.05, 3.63) is 46.1 Å². The summed E-state index contributed by atoms with van der Waals surface area (Å²) in [6.07, 6.45) is 1.44. The Bertz CT molecular complexity index is 695. The predicted octanol–water partition coefficient (Wildman–Crippen LogP) is 2.88. The first-order chi connectivity index (χ1) is 10.5. The van der Waals surface area contributed by atoms with E-state index in [2.05, 4.69) is 26.5 Å². The smallest absolute Gasteiger partial charge is 0.275 e. The molecule has 0 saturated carbocycles. The van der Waals surface area contributed by atoms with Crippen LogP contribution in [0, 0.1) is 0 Å². The monoisotopic (exact) mass is 365 g/mol. The van der Waals surface area contributed by atoms with E-state index in [0.29, 0.717) is 23.0 Å².